The molecule has 0 unspecified atom stereocenters. The summed E-state index contributed by atoms with van der Waals surface area (Å²) in [7, 11) is 0. The van der Waals surface area contributed by atoms with E-state index >= 15 is 0 Å². The van der Waals surface area contributed by atoms with Crippen LogP contribution in [0, 0.1) is 0 Å². The number of fused-ring (bicyclic) bond motifs is 1. The van der Waals surface area contributed by atoms with Gasteiger partial charge in [-0.3, -0.25) is 10.00 Å². The van der Waals surface area contributed by atoms with Crippen LogP contribution in [0.25, 0.3) is 22.4 Å². The Kier molecular flexibility index (Phi) is 8.23. The molecule has 0 radical (unpaired) electrons. The molecule has 34 heavy (non-hydrogen) atoms. The molecule has 2 N–H and O–H groups in total. The van der Waals surface area contributed by atoms with Crippen molar-refractivity contribution in [1.82, 2.24) is 35.0 Å². The predicted octanol–water partition coefficient (Wildman–Crippen LogP) is 3.41. The number of anilines is 1. The van der Waals surface area contributed by atoms with Crippen LogP contribution in [0.3, 0.4) is 0 Å². The molecule has 4 aromatic rings. The van der Waals surface area contributed by atoms with E-state index in [1.54, 1.807) is 12.4 Å². The van der Waals surface area contributed by atoms with Gasteiger partial charge in [-0.25, -0.2) is 15.0 Å². The number of ether oxygens (including phenoxy) is 1. The zero-order valence-electron chi connectivity index (χ0n) is 18.6. The molecule has 4 heterocycles. The van der Waals surface area contributed by atoms with Crippen molar-refractivity contribution in [2.45, 2.75) is 12.8 Å². The second kappa shape index (κ2) is 11.5. The molecule has 0 spiro atoms. The van der Waals surface area contributed by atoms with Gasteiger partial charge < -0.3 is 10.1 Å². The highest BCUT2D eigenvalue weighted by Crippen LogP contribution is 2.24. The van der Waals surface area contributed by atoms with Crippen LogP contribution < -0.4 is 5.32 Å². The minimum Gasteiger partial charge on any atom is -0.379 e. The molecule has 0 bridgehead atoms. The van der Waals surface area contributed by atoms with Crippen molar-refractivity contribution in [3.8, 4) is 11.4 Å². The second-order valence-electron chi connectivity index (χ2n) is 7.86. The zero-order valence-corrected chi connectivity index (χ0v) is 20.1. The van der Waals surface area contributed by atoms with Gasteiger partial charge in [0.15, 0.2) is 5.65 Å². The Bertz CT molecular complexity index is 1230. The van der Waals surface area contributed by atoms with Crippen molar-refractivity contribution in [3.05, 3.63) is 59.1 Å². The number of hydrogen-bond donors (Lipinski definition) is 2. The minimum atomic E-state index is 0. The summed E-state index contributed by atoms with van der Waals surface area (Å²) in [4.78, 5) is 20.5. The molecule has 0 atom stereocenters. The summed E-state index contributed by atoms with van der Waals surface area (Å²) in [6.45, 7) is 5.21. The molecular weight excluding hydrogens is 475 g/mol. The van der Waals surface area contributed by atoms with Crippen LogP contribution in [0.15, 0.2) is 42.7 Å². The van der Waals surface area contributed by atoms with Gasteiger partial charge in [-0.1, -0.05) is 29.8 Å². The second-order valence-corrected chi connectivity index (χ2v) is 8.27. The fraction of sp³-hybridized carbons (Fsp3) is 0.348. The van der Waals surface area contributed by atoms with Gasteiger partial charge in [0, 0.05) is 50.0 Å². The van der Waals surface area contributed by atoms with E-state index in [-0.39, 0.29) is 12.4 Å². The van der Waals surface area contributed by atoms with Crippen molar-refractivity contribution in [1.29, 1.82) is 0 Å². The first-order valence-electron chi connectivity index (χ1n) is 11.1. The number of halogens is 2. The number of benzene rings is 1. The van der Waals surface area contributed by atoms with Crippen LogP contribution in [-0.4, -0.2) is 74.4 Å². The maximum atomic E-state index is 6.27. The molecule has 1 aliphatic rings. The Morgan fingerprint density at radius 2 is 1.91 bits per heavy atom. The third kappa shape index (κ3) is 5.79. The topological polar surface area (TPSA) is 105 Å². The molecule has 178 valence electrons. The number of nitrogens with zero attached hydrogens (tertiary/aromatic N) is 6. The van der Waals surface area contributed by atoms with E-state index < -0.39 is 0 Å². The third-order valence-corrected chi connectivity index (χ3v) is 6.03. The van der Waals surface area contributed by atoms with Crippen LogP contribution in [0.4, 0.5) is 5.95 Å². The number of aromatic nitrogens is 6. The summed E-state index contributed by atoms with van der Waals surface area (Å²) in [5, 5.41) is 12.3. The molecule has 1 aliphatic heterocycles. The number of rotatable bonds is 8. The first-order chi connectivity index (χ1) is 16.3. The Morgan fingerprint density at radius 1 is 1.06 bits per heavy atom. The normalized spacial score (nSPS) is 14.1. The van der Waals surface area contributed by atoms with E-state index in [0.717, 1.165) is 79.0 Å². The molecule has 1 aromatic carbocycles. The lowest BCUT2D eigenvalue weighted by atomic mass is 10.1. The Morgan fingerprint density at radius 3 is 2.76 bits per heavy atom. The summed E-state index contributed by atoms with van der Waals surface area (Å²) in [6.07, 6.45) is 5.01. The largest absolute Gasteiger partial charge is 0.379 e. The first kappa shape index (κ1) is 24.3. The van der Waals surface area contributed by atoms with Crippen LogP contribution in [0.2, 0.25) is 5.02 Å². The Balaban J connectivity index is 0.00000274. The number of nitrogens with one attached hydrogen (secondary N) is 2. The number of hydrogen-bond acceptors (Lipinski definition) is 8. The van der Waals surface area contributed by atoms with Gasteiger partial charge in [0.05, 0.1) is 30.0 Å². The number of aromatic amines is 1. The molecule has 0 saturated carbocycles. The predicted molar refractivity (Wildman–Crippen MR) is 135 cm³/mol. The molecule has 3 aromatic heterocycles. The lowest BCUT2D eigenvalue weighted by molar-refractivity contribution is 0.0398. The highest BCUT2D eigenvalue weighted by Gasteiger charge is 2.14. The van der Waals surface area contributed by atoms with Crippen LogP contribution in [0.1, 0.15) is 11.4 Å². The number of morpholine rings is 1. The van der Waals surface area contributed by atoms with Crippen molar-refractivity contribution >= 4 is 41.0 Å². The fourth-order valence-electron chi connectivity index (χ4n) is 3.84. The van der Waals surface area contributed by atoms with Gasteiger partial charge >= 0.3 is 0 Å². The molecule has 5 rings (SSSR count). The van der Waals surface area contributed by atoms with E-state index in [4.69, 9.17) is 21.3 Å². The van der Waals surface area contributed by atoms with E-state index in [0.29, 0.717) is 18.0 Å². The highest BCUT2D eigenvalue weighted by atomic mass is 35.5. The summed E-state index contributed by atoms with van der Waals surface area (Å²) in [5.74, 6) is 1.31. The van der Waals surface area contributed by atoms with E-state index in [1.165, 1.54) is 0 Å². The SMILES string of the molecule is Cl.Clc1ccccc1CCc1nccc(-c2[nH]nc3nc(NCCN4CCOCC4)ncc23)n1. The van der Waals surface area contributed by atoms with Gasteiger partial charge in [-0.05, 0) is 24.1 Å². The zero-order chi connectivity index (χ0) is 22.5. The summed E-state index contributed by atoms with van der Waals surface area (Å²) >= 11 is 6.27. The van der Waals surface area contributed by atoms with Crippen LogP contribution in [-0.2, 0) is 17.6 Å². The maximum absolute atomic E-state index is 6.27. The summed E-state index contributed by atoms with van der Waals surface area (Å²) in [6, 6.07) is 9.70. The third-order valence-electron chi connectivity index (χ3n) is 5.66. The molecule has 1 saturated heterocycles. The Labute approximate surface area is 208 Å². The van der Waals surface area contributed by atoms with Crippen molar-refractivity contribution in [3.63, 3.8) is 0 Å². The summed E-state index contributed by atoms with van der Waals surface area (Å²) in [5.41, 5.74) is 3.23. The van der Waals surface area contributed by atoms with Crippen molar-refractivity contribution < 1.29 is 4.74 Å². The van der Waals surface area contributed by atoms with Gasteiger partial charge in [0.2, 0.25) is 5.95 Å². The quantitative estimate of drug-likeness (QED) is 0.379. The van der Waals surface area contributed by atoms with Crippen LogP contribution >= 0.6 is 24.0 Å². The number of H-pyrrole nitrogens is 1. The standard InChI is InChI=1S/C23H25ClN8O.ClH/c24-18-4-2-1-3-16(18)5-6-20-25-8-7-19(28-20)21-17-15-27-23(29-22(17)31-30-21)26-9-10-32-11-13-33-14-12-32;/h1-4,7-8,15H,5-6,9-14H2,(H2,26,27,29,30,31);1H. The van der Waals surface area contributed by atoms with Gasteiger partial charge in [-0.15, -0.1) is 12.4 Å². The van der Waals surface area contributed by atoms with E-state index in [9.17, 15) is 0 Å². The first-order valence-corrected chi connectivity index (χ1v) is 11.4. The molecule has 9 nitrogen and oxygen atoms in total. The molecule has 1 fully saturated rings. The van der Waals surface area contributed by atoms with E-state index in [2.05, 4.69) is 35.4 Å². The smallest absolute Gasteiger partial charge is 0.224 e. The molecule has 0 aliphatic carbocycles. The fourth-order valence-corrected chi connectivity index (χ4v) is 4.07. The maximum Gasteiger partial charge on any atom is 0.224 e. The average Bonchev–Trinajstić information content (AvgIpc) is 3.28. The molecule has 0 amide bonds. The lowest BCUT2D eigenvalue weighted by Gasteiger charge is -2.26. The van der Waals surface area contributed by atoms with Gasteiger partial charge in [0.1, 0.15) is 5.82 Å². The van der Waals surface area contributed by atoms with Crippen molar-refractivity contribution in [2.75, 3.05) is 44.7 Å². The van der Waals surface area contributed by atoms with Gasteiger partial charge in [0.25, 0.3) is 0 Å². The van der Waals surface area contributed by atoms with Crippen molar-refractivity contribution in [2.24, 2.45) is 0 Å². The number of aryl methyl sites for hydroxylation is 2. The van der Waals surface area contributed by atoms with Gasteiger partial charge in [-0.2, -0.15) is 10.1 Å². The highest BCUT2D eigenvalue weighted by molar-refractivity contribution is 6.31. The monoisotopic (exact) mass is 500 g/mol. The average molecular weight is 501 g/mol. The van der Waals surface area contributed by atoms with Crippen LogP contribution in [0.5, 0.6) is 0 Å². The lowest BCUT2D eigenvalue weighted by Crippen LogP contribution is -2.39. The molecule has 11 heteroatoms. The molecular formula is C23H26Cl2N8O. The Hall–Kier alpha value is -2.85. The summed E-state index contributed by atoms with van der Waals surface area (Å²) < 4.78 is 5.38. The minimum absolute atomic E-state index is 0. The van der Waals surface area contributed by atoms with E-state index in [1.807, 2.05) is 30.3 Å².